The fourth-order valence-corrected chi connectivity index (χ4v) is 2.31. The minimum absolute atomic E-state index is 0.795. The molecule has 1 aliphatic rings. The van der Waals surface area contributed by atoms with Crippen molar-refractivity contribution in [2.24, 2.45) is 5.92 Å². The molecular formula is C12H20N4. The number of rotatable bonds is 4. The lowest BCUT2D eigenvalue weighted by atomic mass is 9.95. The van der Waals surface area contributed by atoms with E-state index < -0.39 is 0 Å². The van der Waals surface area contributed by atoms with Gasteiger partial charge in [-0.05, 0) is 38.8 Å². The minimum Gasteiger partial charge on any atom is -0.355 e. The molecule has 4 heteroatoms. The number of hydrogen-bond acceptors (Lipinski definition) is 4. The van der Waals surface area contributed by atoms with Crippen LogP contribution in [0.2, 0.25) is 0 Å². The van der Waals surface area contributed by atoms with Gasteiger partial charge in [0.1, 0.15) is 5.82 Å². The van der Waals surface area contributed by atoms with E-state index in [0.29, 0.717) is 0 Å². The number of piperidine rings is 1. The molecule has 1 atom stereocenters. The van der Waals surface area contributed by atoms with Crippen LogP contribution in [-0.2, 0) is 0 Å². The van der Waals surface area contributed by atoms with Gasteiger partial charge < -0.3 is 10.2 Å². The molecule has 16 heavy (non-hydrogen) atoms. The SMILES string of the molecule is CNCCC1CCCN(c2cnccn2)C1. The van der Waals surface area contributed by atoms with Crippen LogP contribution in [0.3, 0.4) is 0 Å². The van der Waals surface area contributed by atoms with Crippen molar-refractivity contribution in [2.75, 3.05) is 31.6 Å². The second-order valence-corrected chi connectivity index (χ2v) is 4.41. The highest BCUT2D eigenvalue weighted by molar-refractivity contribution is 5.35. The Labute approximate surface area is 97.1 Å². The number of anilines is 1. The Kier molecular flexibility index (Phi) is 4.10. The highest BCUT2D eigenvalue weighted by Crippen LogP contribution is 2.22. The summed E-state index contributed by atoms with van der Waals surface area (Å²) in [5.74, 6) is 1.82. The van der Waals surface area contributed by atoms with Crippen LogP contribution in [0.5, 0.6) is 0 Å². The highest BCUT2D eigenvalue weighted by Gasteiger charge is 2.20. The first-order valence-electron chi connectivity index (χ1n) is 6.05. The first-order chi connectivity index (χ1) is 7.90. The summed E-state index contributed by atoms with van der Waals surface area (Å²) in [6, 6.07) is 0. The number of aromatic nitrogens is 2. The van der Waals surface area contributed by atoms with Gasteiger partial charge in [0.25, 0.3) is 0 Å². The van der Waals surface area contributed by atoms with Gasteiger partial charge in [-0.2, -0.15) is 0 Å². The summed E-state index contributed by atoms with van der Waals surface area (Å²) >= 11 is 0. The number of hydrogen-bond donors (Lipinski definition) is 1. The van der Waals surface area contributed by atoms with E-state index in [9.17, 15) is 0 Å². The van der Waals surface area contributed by atoms with Crippen LogP contribution in [0.25, 0.3) is 0 Å². The molecule has 1 aliphatic heterocycles. The normalized spacial score (nSPS) is 21.1. The van der Waals surface area contributed by atoms with E-state index in [1.807, 2.05) is 13.2 Å². The van der Waals surface area contributed by atoms with Crippen LogP contribution in [0, 0.1) is 5.92 Å². The van der Waals surface area contributed by atoms with E-state index in [1.54, 1.807) is 12.4 Å². The van der Waals surface area contributed by atoms with Crippen LogP contribution < -0.4 is 10.2 Å². The van der Waals surface area contributed by atoms with Gasteiger partial charge in [-0.3, -0.25) is 4.98 Å². The van der Waals surface area contributed by atoms with E-state index in [0.717, 1.165) is 31.4 Å². The van der Waals surface area contributed by atoms with Crippen molar-refractivity contribution >= 4 is 5.82 Å². The maximum absolute atomic E-state index is 4.36. The Morgan fingerprint density at radius 1 is 1.50 bits per heavy atom. The van der Waals surface area contributed by atoms with E-state index >= 15 is 0 Å². The summed E-state index contributed by atoms with van der Waals surface area (Å²) in [7, 11) is 2.02. The fourth-order valence-electron chi connectivity index (χ4n) is 2.31. The molecule has 1 saturated heterocycles. The van der Waals surface area contributed by atoms with Gasteiger partial charge in [0.05, 0.1) is 6.20 Å². The van der Waals surface area contributed by atoms with Gasteiger partial charge in [-0.25, -0.2) is 4.98 Å². The predicted molar refractivity (Wildman–Crippen MR) is 65.5 cm³/mol. The van der Waals surface area contributed by atoms with Crippen molar-refractivity contribution < 1.29 is 0 Å². The summed E-state index contributed by atoms with van der Waals surface area (Å²) in [4.78, 5) is 10.9. The Morgan fingerprint density at radius 2 is 2.44 bits per heavy atom. The van der Waals surface area contributed by atoms with Crippen LogP contribution in [0.4, 0.5) is 5.82 Å². The highest BCUT2D eigenvalue weighted by atomic mass is 15.2. The molecule has 4 nitrogen and oxygen atoms in total. The molecule has 0 amide bonds. The molecule has 0 radical (unpaired) electrons. The summed E-state index contributed by atoms with van der Waals surface area (Å²) < 4.78 is 0. The molecule has 1 fully saturated rings. The zero-order chi connectivity index (χ0) is 11.2. The lowest BCUT2D eigenvalue weighted by molar-refractivity contribution is 0.386. The molecule has 1 aromatic rings. The minimum atomic E-state index is 0.795. The molecule has 2 heterocycles. The van der Waals surface area contributed by atoms with Crippen LogP contribution in [0.15, 0.2) is 18.6 Å². The van der Waals surface area contributed by atoms with Crippen molar-refractivity contribution in [3.63, 3.8) is 0 Å². The molecule has 0 bridgehead atoms. The molecule has 0 aromatic carbocycles. The fraction of sp³-hybridized carbons (Fsp3) is 0.667. The zero-order valence-corrected chi connectivity index (χ0v) is 9.89. The van der Waals surface area contributed by atoms with Crippen LogP contribution >= 0.6 is 0 Å². The van der Waals surface area contributed by atoms with E-state index in [4.69, 9.17) is 0 Å². The van der Waals surface area contributed by atoms with Gasteiger partial charge in [0.15, 0.2) is 0 Å². The molecule has 1 aromatic heterocycles. The van der Waals surface area contributed by atoms with Gasteiger partial charge in [0, 0.05) is 25.5 Å². The average Bonchev–Trinajstić information content (AvgIpc) is 2.38. The van der Waals surface area contributed by atoms with Gasteiger partial charge in [0.2, 0.25) is 0 Å². The molecule has 0 spiro atoms. The number of nitrogens with one attached hydrogen (secondary N) is 1. The summed E-state index contributed by atoms with van der Waals surface area (Å²) in [6.07, 6.45) is 9.23. The quantitative estimate of drug-likeness (QED) is 0.830. The van der Waals surface area contributed by atoms with Gasteiger partial charge in [-0.15, -0.1) is 0 Å². The maximum atomic E-state index is 4.36. The molecule has 0 saturated carbocycles. The third-order valence-electron chi connectivity index (χ3n) is 3.20. The third-order valence-corrected chi connectivity index (χ3v) is 3.20. The molecule has 0 aliphatic carbocycles. The second-order valence-electron chi connectivity index (χ2n) is 4.41. The zero-order valence-electron chi connectivity index (χ0n) is 9.89. The van der Waals surface area contributed by atoms with Crippen molar-refractivity contribution in [2.45, 2.75) is 19.3 Å². The third kappa shape index (κ3) is 2.92. The summed E-state index contributed by atoms with van der Waals surface area (Å²) in [5.41, 5.74) is 0. The van der Waals surface area contributed by atoms with Crippen molar-refractivity contribution in [3.8, 4) is 0 Å². The Morgan fingerprint density at radius 3 is 3.19 bits per heavy atom. The summed E-state index contributed by atoms with van der Waals surface area (Å²) in [5, 5.41) is 3.22. The lowest BCUT2D eigenvalue weighted by Gasteiger charge is -2.33. The lowest BCUT2D eigenvalue weighted by Crippen LogP contribution is -2.36. The topological polar surface area (TPSA) is 41.0 Å². The van der Waals surface area contributed by atoms with Crippen LogP contribution in [-0.4, -0.2) is 36.6 Å². The van der Waals surface area contributed by atoms with Gasteiger partial charge in [-0.1, -0.05) is 0 Å². The van der Waals surface area contributed by atoms with Gasteiger partial charge >= 0.3 is 0 Å². The monoisotopic (exact) mass is 220 g/mol. The standard InChI is InChI=1S/C12H20N4/c1-13-5-4-11-3-2-8-16(10-11)12-9-14-6-7-15-12/h6-7,9,11,13H,2-5,8,10H2,1H3. The Bertz CT molecular complexity index is 301. The van der Waals surface area contributed by atoms with Crippen LogP contribution in [0.1, 0.15) is 19.3 Å². The molecule has 1 N–H and O–H groups in total. The molecule has 1 unspecified atom stereocenters. The number of nitrogens with zero attached hydrogens (tertiary/aromatic N) is 3. The van der Waals surface area contributed by atoms with Crippen molar-refractivity contribution in [1.82, 2.24) is 15.3 Å². The Balaban J connectivity index is 1.91. The molecule has 2 rings (SSSR count). The van der Waals surface area contributed by atoms with E-state index in [-0.39, 0.29) is 0 Å². The first-order valence-corrected chi connectivity index (χ1v) is 6.05. The van der Waals surface area contributed by atoms with Crippen molar-refractivity contribution in [1.29, 1.82) is 0 Å². The smallest absolute Gasteiger partial charge is 0.147 e. The predicted octanol–water partition coefficient (Wildman–Crippen LogP) is 1.30. The molecular weight excluding hydrogens is 200 g/mol. The van der Waals surface area contributed by atoms with E-state index in [2.05, 4.69) is 20.2 Å². The summed E-state index contributed by atoms with van der Waals surface area (Å²) in [6.45, 7) is 3.36. The average molecular weight is 220 g/mol. The maximum Gasteiger partial charge on any atom is 0.147 e. The van der Waals surface area contributed by atoms with Crippen molar-refractivity contribution in [3.05, 3.63) is 18.6 Å². The Hall–Kier alpha value is -1.16. The first kappa shape index (κ1) is 11.3. The van der Waals surface area contributed by atoms with E-state index in [1.165, 1.54) is 19.3 Å². The molecule has 88 valence electrons. The largest absolute Gasteiger partial charge is 0.355 e. The second kappa shape index (κ2) is 5.80.